The normalized spacial score (nSPS) is 11.5. The van der Waals surface area contributed by atoms with Crippen LogP contribution in [0.5, 0.6) is 5.75 Å². The third-order valence-electron chi connectivity index (χ3n) is 1.72. The average molecular weight is 179 g/mol. The Morgan fingerprint density at radius 3 is 3.08 bits per heavy atom. The summed E-state index contributed by atoms with van der Waals surface area (Å²) in [5.74, 6) is -0.185. The van der Waals surface area contributed by atoms with Gasteiger partial charge in [-0.25, -0.2) is 4.39 Å². The molecular formula is C11H12FO. The number of allylic oxidation sites excluding steroid dienone is 1. The zero-order valence-corrected chi connectivity index (χ0v) is 7.80. The number of hydrogen-bond acceptors (Lipinski definition) is 1. The number of rotatable bonds is 3. The Bertz CT molecular complexity index is 305. The van der Waals surface area contributed by atoms with Gasteiger partial charge in [-0.05, 0) is 25.5 Å². The van der Waals surface area contributed by atoms with Gasteiger partial charge in [0.25, 0.3) is 0 Å². The molecular weight excluding hydrogens is 167 g/mol. The molecule has 2 heteroatoms. The maximum Gasteiger partial charge on any atom is 0.172 e. The van der Waals surface area contributed by atoms with Crippen molar-refractivity contribution in [3.8, 4) is 5.75 Å². The Hall–Kier alpha value is -1.31. The summed E-state index contributed by atoms with van der Waals surface area (Å²) in [5, 5.41) is 0. The first-order valence-electron chi connectivity index (χ1n) is 4.15. The van der Waals surface area contributed by atoms with E-state index in [1.807, 2.05) is 19.9 Å². The summed E-state index contributed by atoms with van der Waals surface area (Å²) in [7, 11) is 0. The van der Waals surface area contributed by atoms with Gasteiger partial charge >= 0.3 is 0 Å². The molecule has 0 saturated heterocycles. The highest BCUT2D eigenvalue weighted by molar-refractivity contribution is 5.23. The third kappa shape index (κ3) is 2.90. The van der Waals surface area contributed by atoms with Crippen LogP contribution in [0.4, 0.5) is 4.39 Å². The summed E-state index contributed by atoms with van der Waals surface area (Å²) in [4.78, 5) is 0. The van der Waals surface area contributed by atoms with Crippen LogP contribution in [0.3, 0.4) is 0 Å². The van der Waals surface area contributed by atoms with Crippen LogP contribution in [0.2, 0.25) is 0 Å². The average Bonchev–Trinajstić information content (AvgIpc) is 2.16. The molecule has 0 spiro atoms. The molecule has 0 aromatic heterocycles. The van der Waals surface area contributed by atoms with Crippen LogP contribution < -0.4 is 4.74 Å². The first-order valence-corrected chi connectivity index (χ1v) is 4.15. The zero-order valence-electron chi connectivity index (χ0n) is 7.80. The van der Waals surface area contributed by atoms with E-state index in [1.165, 1.54) is 6.07 Å². The predicted octanol–water partition coefficient (Wildman–Crippen LogP) is 2.97. The van der Waals surface area contributed by atoms with E-state index in [2.05, 4.69) is 6.07 Å². The van der Waals surface area contributed by atoms with Gasteiger partial charge in [-0.3, -0.25) is 0 Å². The van der Waals surface area contributed by atoms with Crippen molar-refractivity contribution in [1.82, 2.24) is 0 Å². The van der Waals surface area contributed by atoms with Crippen molar-refractivity contribution in [3.63, 3.8) is 0 Å². The summed E-state index contributed by atoms with van der Waals surface area (Å²) in [6.07, 6.45) is 1.94. The van der Waals surface area contributed by atoms with Crippen molar-refractivity contribution < 1.29 is 9.13 Å². The monoisotopic (exact) mass is 179 g/mol. The summed E-state index contributed by atoms with van der Waals surface area (Å²) >= 11 is 0. The Morgan fingerprint density at radius 2 is 2.46 bits per heavy atom. The Kier molecular flexibility index (Phi) is 3.50. The molecule has 0 N–H and O–H groups in total. The molecule has 1 aromatic carbocycles. The van der Waals surface area contributed by atoms with Gasteiger partial charge in [0.15, 0.2) is 11.6 Å². The fourth-order valence-electron chi connectivity index (χ4n) is 0.787. The molecule has 0 unspecified atom stereocenters. The van der Waals surface area contributed by atoms with Crippen LogP contribution in [0.25, 0.3) is 0 Å². The van der Waals surface area contributed by atoms with Crippen molar-refractivity contribution >= 4 is 0 Å². The van der Waals surface area contributed by atoms with Crippen molar-refractivity contribution in [3.05, 3.63) is 41.7 Å². The van der Waals surface area contributed by atoms with Crippen molar-refractivity contribution in [1.29, 1.82) is 0 Å². The largest absolute Gasteiger partial charge is 0.486 e. The molecule has 0 heterocycles. The lowest BCUT2D eigenvalue weighted by molar-refractivity contribution is 0.332. The van der Waals surface area contributed by atoms with Gasteiger partial charge in [-0.1, -0.05) is 18.2 Å². The lowest BCUT2D eigenvalue weighted by Crippen LogP contribution is -1.99. The van der Waals surface area contributed by atoms with Crippen LogP contribution in [0, 0.1) is 11.9 Å². The van der Waals surface area contributed by atoms with Crippen LogP contribution in [-0.4, -0.2) is 6.61 Å². The zero-order chi connectivity index (χ0) is 9.68. The van der Waals surface area contributed by atoms with Crippen molar-refractivity contribution in [2.75, 3.05) is 6.61 Å². The Balaban J connectivity index is 2.60. The standard InChI is InChI=1S/C11H12FO/c1-3-9(2)8-13-11-7-5-4-6-10(11)12/h3-5,7H,8H2,1-2H3/b9-3+. The van der Waals surface area contributed by atoms with E-state index in [0.29, 0.717) is 6.61 Å². The molecule has 1 rings (SSSR count). The molecule has 0 fully saturated rings. The summed E-state index contributed by atoms with van der Waals surface area (Å²) in [5.41, 5.74) is 1.07. The predicted molar refractivity (Wildman–Crippen MR) is 50.2 cm³/mol. The molecule has 1 radical (unpaired) electrons. The number of benzene rings is 1. The highest BCUT2D eigenvalue weighted by Crippen LogP contribution is 2.15. The van der Waals surface area contributed by atoms with Crippen LogP contribution in [0.1, 0.15) is 13.8 Å². The van der Waals surface area contributed by atoms with Gasteiger partial charge < -0.3 is 4.74 Å². The smallest absolute Gasteiger partial charge is 0.172 e. The molecule has 0 bridgehead atoms. The molecule has 13 heavy (non-hydrogen) atoms. The maximum absolute atomic E-state index is 12.9. The molecule has 69 valence electrons. The van der Waals surface area contributed by atoms with E-state index in [4.69, 9.17) is 4.74 Å². The van der Waals surface area contributed by atoms with Gasteiger partial charge in [0.1, 0.15) is 6.61 Å². The van der Waals surface area contributed by atoms with Gasteiger partial charge in [0, 0.05) is 6.07 Å². The molecule has 0 aliphatic heterocycles. The van der Waals surface area contributed by atoms with E-state index in [-0.39, 0.29) is 5.75 Å². The topological polar surface area (TPSA) is 9.23 Å². The molecule has 0 aliphatic carbocycles. The molecule has 0 aliphatic rings. The first kappa shape index (κ1) is 9.78. The fraction of sp³-hybridized carbons (Fsp3) is 0.273. The number of halogens is 1. The van der Waals surface area contributed by atoms with E-state index in [0.717, 1.165) is 5.57 Å². The second kappa shape index (κ2) is 4.65. The van der Waals surface area contributed by atoms with Crippen molar-refractivity contribution in [2.24, 2.45) is 0 Å². The third-order valence-corrected chi connectivity index (χ3v) is 1.72. The number of ether oxygens (including phenoxy) is 1. The van der Waals surface area contributed by atoms with Crippen LogP contribution in [-0.2, 0) is 0 Å². The molecule has 0 amide bonds. The van der Waals surface area contributed by atoms with E-state index in [1.54, 1.807) is 12.1 Å². The van der Waals surface area contributed by atoms with Gasteiger partial charge in [-0.15, -0.1) is 0 Å². The van der Waals surface area contributed by atoms with Gasteiger partial charge in [-0.2, -0.15) is 0 Å². The lowest BCUT2D eigenvalue weighted by Gasteiger charge is -2.06. The molecule has 0 atom stereocenters. The van der Waals surface area contributed by atoms with E-state index in [9.17, 15) is 4.39 Å². The molecule has 1 nitrogen and oxygen atoms in total. The van der Waals surface area contributed by atoms with Crippen molar-refractivity contribution in [2.45, 2.75) is 13.8 Å². The minimum absolute atomic E-state index is 0.253. The highest BCUT2D eigenvalue weighted by atomic mass is 19.1. The quantitative estimate of drug-likeness (QED) is 0.648. The van der Waals surface area contributed by atoms with Crippen LogP contribution in [0.15, 0.2) is 29.8 Å². The highest BCUT2D eigenvalue weighted by Gasteiger charge is 2.00. The SMILES string of the molecule is C/C=C(\C)COc1ccc[c]c1F. The van der Waals surface area contributed by atoms with E-state index < -0.39 is 5.82 Å². The Labute approximate surface area is 77.8 Å². The van der Waals surface area contributed by atoms with E-state index >= 15 is 0 Å². The summed E-state index contributed by atoms with van der Waals surface area (Å²) in [6, 6.07) is 7.24. The molecule has 1 aromatic rings. The number of hydrogen-bond donors (Lipinski definition) is 0. The minimum atomic E-state index is -0.439. The maximum atomic E-state index is 12.9. The lowest BCUT2D eigenvalue weighted by atomic mass is 10.3. The van der Waals surface area contributed by atoms with Crippen LogP contribution >= 0.6 is 0 Å². The second-order valence-electron chi connectivity index (χ2n) is 2.77. The Morgan fingerprint density at radius 1 is 1.69 bits per heavy atom. The second-order valence-corrected chi connectivity index (χ2v) is 2.77. The van der Waals surface area contributed by atoms with Gasteiger partial charge in [0.05, 0.1) is 0 Å². The fourth-order valence-corrected chi connectivity index (χ4v) is 0.787. The minimum Gasteiger partial charge on any atom is -0.486 e. The molecule has 0 saturated carbocycles. The van der Waals surface area contributed by atoms with Gasteiger partial charge in [0.2, 0.25) is 0 Å². The summed E-state index contributed by atoms with van der Waals surface area (Å²) < 4.78 is 18.2. The summed E-state index contributed by atoms with van der Waals surface area (Å²) in [6.45, 7) is 4.28. The first-order chi connectivity index (χ1) is 6.24.